The number of sulfonamides is 1. The molecule has 3 fully saturated rings. The van der Waals surface area contributed by atoms with Crippen LogP contribution in [0.3, 0.4) is 0 Å². The number of nitrogens with zero attached hydrogens (tertiary/aromatic N) is 4. The molecular formula is C28H33Cl2FN4O4S. The average Bonchev–Trinajstić information content (AvgIpc) is 2.91. The Bertz CT molecular complexity index is 1390. The van der Waals surface area contributed by atoms with E-state index in [9.17, 15) is 22.4 Å². The Morgan fingerprint density at radius 1 is 0.950 bits per heavy atom. The molecule has 0 saturated carbocycles. The van der Waals surface area contributed by atoms with Gasteiger partial charge in [0.1, 0.15) is 29.0 Å². The van der Waals surface area contributed by atoms with Crippen LogP contribution in [0.4, 0.5) is 4.39 Å². The molecule has 5 rings (SSSR count). The van der Waals surface area contributed by atoms with Gasteiger partial charge in [-0.05, 0) is 75.7 Å². The number of hydrogen-bond acceptors (Lipinski definition) is 5. The van der Waals surface area contributed by atoms with Gasteiger partial charge in [-0.3, -0.25) is 14.5 Å². The summed E-state index contributed by atoms with van der Waals surface area (Å²) in [5.41, 5.74) is 0.673. The molecule has 12 heteroatoms. The van der Waals surface area contributed by atoms with Crippen LogP contribution < -0.4 is 0 Å². The van der Waals surface area contributed by atoms with Crippen molar-refractivity contribution in [2.45, 2.75) is 68.7 Å². The SMILES string of the molecule is CC(C)N1CC2N(C(=O)C(N3CCCCC3)CN2S(=O)(=O)c2ccc(Cl)cc2Cl)C(Cc2ccc(F)cc2)C1=O. The fraction of sp³-hybridized carbons (Fsp3) is 0.500. The van der Waals surface area contributed by atoms with E-state index < -0.39 is 34.1 Å². The summed E-state index contributed by atoms with van der Waals surface area (Å²) in [6.45, 7) is 5.03. The van der Waals surface area contributed by atoms with Crippen LogP contribution in [-0.4, -0.2) is 89.7 Å². The molecule has 3 heterocycles. The molecule has 3 saturated heterocycles. The van der Waals surface area contributed by atoms with Gasteiger partial charge in [-0.2, -0.15) is 4.31 Å². The van der Waals surface area contributed by atoms with Crippen molar-refractivity contribution in [3.05, 3.63) is 63.9 Å². The van der Waals surface area contributed by atoms with Gasteiger partial charge in [0.2, 0.25) is 21.8 Å². The number of piperidine rings is 1. The van der Waals surface area contributed by atoms with Crippen LogP contribution in [0.1, 0.15) is 38.7 Å². The second kappa shape index (κ2) is 11.6. The zero-order valence-corrected chi connectivity index (χ0v) is 24.8. The van der Waals surface area contributed by atoms with E-state index >= 15 is 0 Å². The van der Waals surface area contributed by atoms with Crippen LogP contribution in [0.15, 0.2) is 47.4 Å². The van der Waals surface area contributed by atoms with Crippen molar-refractivity contribution in [3.63, 3.8) is 0 Å². The van der Waals surface area contributed by atoms with Crippen molar-refractivity contribution < 1.29 is 22.4 Å². The van der Waals surface area contributed by atoms with Gasteiger partial charge in [0.15, 0.2) is 0 Å². The number of halogens is 3. The highest BCUT2D eigenvalue weighted by atomic mass is 35.5. The molecule has 3 aliphatic rings. The lowest BCUT2D eigenvalue weighted by Gasteiger charge is -2.55. The maximum atomic E-state index is 14.3. The number of likely N-dealkylation sites (tertiary alicyclic amines) is 1. The maximum absolute atomic E-state index is 14.3. The Morgan fingerprint density at radius 3 is 2.25 bits per heavy atom. The molecule has 0 aromatic heterocycles. The van der Waals surface area contributed by atoms with Crippen molar-refractivity contribution in [1.29, 1.82) is 0 Å². The van der Waals surface area contributed by atoms with Gasteiger partial charge >= 0.3 is 0 Å². The number of amides is 2. The fourth-order valence-electron chi connectivity index (χ4n) is 6.01. The summed E-state index contributed by atoms with van der Waals surface area (Å²) >= 11 is 12.5. The molecule has 0 radical (unpaired) electrons. The number of carbonyl (C=O) groups is 2. The van der Waals surface area contributed by atoms with Crippen LogP contribution in [0.2, 0.25) is 10.0 Å². The van der Waals surface area contributed by atoms with Crippen LogP contribution in [0.25, 0.3) is 0 Å². The zero-order chi connectivity index (χ0) is 28.8. The first kappa shape index (κ1) is 29.3. The van der Waals surface area contributed by atoms with E-state index in [4.69, 9.17) is 23.2 Å². The van der Waals surface area contributed by atoms with Gasteiger partial charge < -0.3 is 9.80 Å². The second-order valence-corrected chi connectivity index (χ2v) is 13.6. The lowest BCUT2D eigenvalue weighted by atomic mass is 9.95. The normalized spacial score (nSPS) is 25.0. The summed E-state index contributed by atoms with van der Waals surface area (Å²) in [6, 6.07) is 8.10. The summed E-state index contributed by atoms with van der Waals surface area (Å²) in [5, 5.41) is 0.292. The third-order valence-corrected chi connectivity index (χ3v) is 10.7. The smallest absolute Gasteiger partial charge is 0.246 e. The molecule has 2 aromatic rings. The number of benzene rings is 2. The van der Waals surface area contributed by atoms with Crippen LogP contribution in [-0.2, 0) is 26.0 Å². The van der Waals surface area contributed by atoms with Crippen molar-refractivity contribution >= 4 is 45.0 Å². The van der Waals surface area contributed by atoms with Gasteiger partial charge in [-0.15, -0.1) is 0 Å². The minimum atomic E-state index is -4.21. The third kappa shape index (κ3) is 5.48. The van der Waals surface area contributed by atoms with Crippen LogP contribution in [0, 0.1) is 5.82 Å². The van der Waals surface area contributed by atoms with Gasteiger partial charge in [0.05, 0.1) is 11.6 Å². The molecule has 8 nitrogen and oxygen atoms in total. The largest absolute Gasteiger partial charge is 0.335 e. The quantitative estimate of drug-likeness (QED) is 0.494. The second-order valence-electron chi connectivity index (χ2n) is 10.9. The van der Waals surface area contributed by atoms with Crippen molar-refractivity contribution in [3.8, 4) is 0 Å². The molecule has 2 amide bonds. The summed E-state index contributed by atoms with van der Waals surface area (Å²) in [7, 11) is -4.21. The summed E-state index contributed by atoms with van der Waals surface area (Å²) < 4.78 is 43.5. The average molecular weight is 612 g/mol. The Balaban J connectivity index is 1.62. The van der Waals surface area contributed by atoms with Gasteiger partial charge in [0, 0.05) is 24.0 Å². The van der Waals surface area contributed by atoms with Crippen molar-refractivity contribution in [1.82, 2.24) is 19.0 Å². The molecule has 0 bridgehead atoms. The topological polar surface area (TPSA) is 81.2 Å². The van der Waals surface area contributed by atoms with Crippen LogP contribution in [0.5, 0.6) is 0 Å². The minimum absolute atomic E-state index is 0.0130. The first-order valence-electron chi connectivity index (χ1n) is 13.6. The molecule has 0 spiro atoms. The van der Waals surface area contributed by atoms with E-state index in [-0.39, 0.29) is 47.3 Å². The lowest BCUT2D eigenvalue weighted by Crippen LogP contribution is -2.76. The van der Waals surface area contributed by atoms with Gasteiger partial charge in [-0.25, -0.2) is 12.8 Å². The van der Waals surface area contributed by atoms with Crippen molar-refractivity contribution in [2.24, 2.45) is 0 Å². The standard InChI is InChI=1S/C28H33Cl2FN4O4S/c1-18(2)33-17-26-34(40(38,39)25-11-8-20(29)15-22(25)30)16-24(32-12-4-3-5-13-32)28(37)35(26)23(27(33)36)14-19-6-9-21(31)10-7-19/h6-11,15,18,23-24,26H,3-5,12-14,16-17H2,1-2H3. The molecule has 3 atom stereocenters. The minimum Gasteiger partial charge on any atom is -0.335 e. The molecule has 40 heavy (non-hydrogen) atoms. The summed E-state index contributed by atoms with van der Waals surface area (Å²) in [4.78, 5) is 33.1. The first-order chi connectivity index (χ1) is 19.0. The molecule has 216 valence electrons. The highest BCUT2D eigenvalue weighted by molar-refractivity contribution is 7.89. The Morgan fingerprint density at radius 2 is 1.62 bits per heavy atom. The van der Waals surface area contributed by atoms with Gasteiger partial charge in [-0.1, -0.05) is 41.8 Å². The van der Waals surface area contributed by atoms with E-state index in [2.05, 4.69) is 0 Å². The van der Waals surface area contributed by atoms with E-state index in [0.717, 1.165) is 19.3 Å². The molecule has 3 aliphatic heterocycles. The molecule has 0 aliphatic carbocycles. The first-order valence-corrected chi connectivity index (χ1v) is 15.8. The predicted molar refractivity (Wildman–Crippen MR) is 151 cm³/mol. The van der Waals surface area contributed by atoms with E-state index in [1.54, 1.807) is 17.0 Å². The number of carbonyl (C=O) groups excluding carboxylic acids is 2. The highest BCUT2D eigenvalue weighted by Crippen LogP contribution is 2.36. The van der Waals surface area contributed by atoms with Crippen molar-refractivity contribution in [2.75, 3.05) is 26.2 Å². The van der Waals surface area contributed by atoms with Crippen LogP contribution >= 0.6 is 23.2 Å². The molecular weight excluding hydrogens is 578 g/mol. The number of piperazine rings is 1. The molecule has 0 N–H and O–H groups in total. The third-order valence-electron chi connectivity index (χ3n) is 8.09. The fourth-order valence-corrected chi connectivity index (χ4v) is 8.34. The highest BCUT2D eigenvalue weighted by Gasteiger charge is 2.55. The number of fused-ring (bicyclic) bond motifs is 1. The zero-order valence-electron chi connectivity index (χ0n) is 22.5. The number of hydrogen-bond donors (Lipinski definition) is 0. The Labute approximate surface area is 244 Å². The van der Waals surface area contributed by atoms with E-state index in [0.29, 0.717) is 23.7 Å². The molecule has 2 aromatic carbocycles. The molecule has 3 unspecified atom stereocenters. The Kier molecular flexibility index (Phi) is 8.46. The van der Waals surface area contributed by atoms with E-state index in [1.807, 2.05) is 18.7 Å². The predicted octanol–water partition coefficient (Wildman–Crippen LogP) is 4.01. The maximum Gasteiger partial charge on any atom is 0.246 e. The van der Waals surface area contributed by atoms with Gasteiger partial charge in [0.25, 0.3) is 0 Å². The number of rotatable bonds is 6. The summed E-state index contributed by atoms with van der Waals surface area (Å²) in [6.07, 6.45) is 2.05. The monoisotopic (exact) mass is 610 g/mol. The van der Waals surface area contributed by atoms with E-state index in [1.165, 1.54) is 39.5 Å². The summed E-state index contributed by atoms with van der Waals surface area (Å²) in [5.74, 6) is -0.925. The Hall–Kier alpha value is -2.24. The lowest BCUT2D eigenvalue weighted by molar-refractivity contribution is -0.172.